The van der Waals surface area contributed by atoms with Crippen LogP contribution >= 0.6 is 11.6 Å². The van der Waals surface area contributed by atoms with E-state index >= 15 is 0 Å². The Hall–Kier alpha value is -2.93. The van der Waals surface area contributed by atoms with Gasteiger partial charge in [-0.3, -0.25) is 14.9 Å². The molecule has 0 aliphatic carbocycles. The van der Waals surface area contributed by atoms with E-state index in [4.69, 9.17) is 16.3 Å². The summed E-state index contributed by atoms with van der Waals surface area (Å²) < 4.78 is 4.95. The standard InChI is InChI=1S/C21H23ClN2O5/c1-13(2)10-15-4-6-16(7-5-15)14(3)23-20(25)12-29-21(26)18-11-17(24(27)28)8-9-19(18)22/h4-9,11,13-14H,10,12H2,1-3H3,(H,23,25)/t14-/m1/s1. The van der Waals surface area contributed by atoms with Gasteiger partial charge in [0.15, 0.2) is 6.61 Å². The Morgan fingerprint density at radius 2 is 1.79 bits per heavy atom. The molecule has 0 saturated heterocycles. The SMILES string of the molecule is CC(C)Cc1ccc([C@@H](C)NC(=O)COC(=O)c2cc([N+](=O)[O-])ccc2Cl)cc1. The number of non-ortho nitro benzene ring substituents is 1. The van der Waals surface area contributed by atoms with Gasteiger partial charge in [-0.1, -0.05) is 49.7 Å². The molecule has 0 saturated carbocycles. The van der Waals surface area contributed by atoms with Crippen LogP contribution in [0.5, 0.6) is 0 Å². The molecule has 29 heavy (non-hydrogen) atoms. The van der Waals surface area contributed by atoms with Crippen molar-refractivity contribution in [3.8, 4) is 0 Å². The van der Waals surface area contributed by atoms with Gasteiger partial charge in [-0.25, -0.2) is 4.79 Å². The zero-order chi connectivity index (χ0) is 21.6. The molecule has 1 amide bonds. The van der Waals surface area contributed by atoms with Crippen LogP contribution in [0.15, 0.2) is 42.5 Å². The third-order valence-electron chi connectivity index (χ3n) is 4.22. The fourth-order valence-corrected chi connectivity index (χ4v) is 2.97. The lowest BCUT2D eigenvalue weighted by Crippen LogP contribution is -2.31. The van der Waals surface area contributed by atoms with Crippen molar-refractivity contribution >= 4 is 29.2 Å². The fourth-order valence-electron chi connectivity index (χ4n) is 2.77. The third kappa shape index (κ3) is 6.57. The first-order valence-electron chi connectivity index (χ1n) is 9.16. The minimum Gasteiger partial charge on any atom is -0.452 e. The number of rotatable bonds is 8. The van der Waals surface area contributed by atoms with Crippen molar-refractivity contribution in [1.29, 1.82) is 0 Å². The van der Waals surface area contributed by atoms with Gasteiger partial charge >= 0.3 is 5.97 Å². The molecule has 0 aromatic heterocycles. The minimum atomic E-state index is -0.903. The number of nitro benzene ring substituents is 1. The summed E-state index contributed by atoms with van der Waals surface area (Å²) in [5, 5.41) is 13.6. The predicted octanol–water partition coefficient (Wildman–Crippen LogP) is 4.48. The average molecular weight is 419 g/mol. The van der Waals surface area contributed by atoms with E-state index in [0.717, 1.165) is 18.1 Å². The molecule has 0 unspecified atom stereocenters. The molecule has 2 rings (SSSR count). The van der Waals surface area contributed by atoms with E-state index in [-0.39, 0.29) is 22.3 Å². The summed E-state index contributed by atoms with van der Waals surface area (Å²) in [6, 6.07) is 11.1. The molecule has 154 valence electrons. The molecule has 2 aromatic carbocycles. The summed E-state index contributed by atoms with van der Waals surface area (Å²) >= 11 is 5.90. The maximum atomic E-state index is 12.1. The van der Waals surface area contributed by atoms with Crippen molar-refractivity contribution in [1.82, 2.24) is 5.32 Å². The highest BCUT2D eigenvalue weighted by Gasteiger charge is 2.19. The number of hydrogen-bond donors (Lipinski definition) is 1. The number of nitrogens with one attached hydrogen (secondary N) is 1. The first-order valence-corrected chi connectivity index (χ1v) is 9.54. The molecule has 1 N–H and O–H groups in total. The monoisotopic (exact) mass is 418 g/mol. The number of ether oxygens (including phenoxy) is 1. The van der Waals surface area contributed by atoms with Crippen LogP contribution in [0.4, 0.5) is 5.69 Å². The zero-order valence-corrected chi connectivity index (χ0v) is 17.2. The molecule has 0 aliphatic rings. The number of carbonyl (C=O) groups excluding carboxylic acids is 2. The van der Waals surface area contributed by atoms with Crippen molar-refractivity contribution < 1.29 is 19.2 Å². The molecule has 0 bridgehead atoms. The van der Waals surface area contributed by atoms with Gasteiger partial charge in [0.1, 0.15) is 0 Å². The summed E-state index contributed by atoms with van der Waals surface area (Å²) in [4.78, 5) is 34.4. The van der Waals surface area contributed by atoms with Gasteiger partial charge in [0.2, 0.25) is 0 Å². The second-order valence-electron chi connectivity index (χ2n) is 7.13. The predicted molar refractivity (Wildman–Crippen MR) is 110 cm³/mol. The Kier molecular flexibility index (Phi) is 7.73. The summed E-state index contributed by atoms with van der Waals surface area (Å²) in [6.45, 7) is 5.61. The Morgan fingerprint density at radius 3 is 2.38 bits per heavy atom. The lowest BCUT2D eigenvalue weighted by Gasteiger charge is -2.15. The van der Waals surface area contributed by atoms with Crippen molar-refractivity contribution in [3.05, 3.63) is 74.3 Å². The molecular formula is C21H23ClN2O5. The van der Waals surface area contributed by atoms with Crippen molar-refractivity contribution in [2.24, 2.45) is 5.92 Å². The summed E-state index contributed by atoms with van der Waals surface area (Å²) in [6.07, 6.45) is 0.983. The third-order valence-corrected chi connectivity index (χ3v) is 4.55. The van der Waals surface area contributed by atoms with Crippen LogP contribution in [-0.2, 0) is 16.0 Å². The number of hydrogen-bond acceptors (Lipinski definition) is 5. The van der Waals surface area contributed by atoms with Crippen LogP contribution in [0.1, 0.15) is 48.3 Å². The van der Waals surface area contributed by atoms with Gasteiger partial charge in [0, 0.05) is 12.1 Å². The molecular weight excluding hydrogens is 396 g/mol. The van der Waals surface area contributed by atoms with E-state index in [1.807, 2.05) is 31.2 Å². The quantitative estimate of drug-likeness (QED) is 0.387. The first-order chi connectivity index (χ1) is 13.7. The molecule has 7 nitrogen and oxygen atoms in total. The summed E-state index contributed by atoms with van der Waals surface area (Å²) in [5.74, 6) is -0.828. The normalized spacial score (nSPS) is 11.8. The lowest BCUT2D eigenvalue weighted by molar-refractivity contribution is -0.384. The van der Waals surface area contributed by atoms with Gasteiger partial charge in [-0.2, -0.15) is 0 Å². The summed E-state index contributed by atoms with van der Waals surface area (Å²) in [5.41, 5.74) is 1.70. The van der Waals surface area contributed by atoms with Crippen molar-refractivity contribution in [3.63, 3.8) is 0 Å². The van der Waals surface area contributed by atoms with Crippen LogP contribution in [0.2, 0.25) is 5.02 Å². The molecule has 2 aromatic rings. The minimum absolute atomic E-state index is 0.0101. The van der Waals surface area contributed by atoms with Gasteiger partial charge in [0.25, 0.3) is 11.6 Å². The Balaban J connectivity index is 1.91. The molecule has 0 radical (unpaired) electrons. The zero-order valence-electron chi connectivity index (χ0n) is 16.5. The number of halogens is 1. The van der Waals surface area contributed by atoms with E-state index in [1.165, 1.54) is 17.7 Å². The molecule has 8 heteroatoms. The highest BCUT2D eigenvalue weighted by Crippen LogP contribution is 2.23. The van der Waals surface area contributed by atoms with Crippen LogP contribution < -0.4 is 5.32 Å². The number of esters is 1. The topological polar surface area (TPSA) is 98.5 Å². The maximum absolute atomic E-state index is 12.1. The van der Waals surface area contributed by atoms with Crippen LogP contribution in [0.25, 0.3) is 0 Å². The largest absolute Gasteiger partial charge is 0.452 e. The van der Waals surface area contributed by atoms with E-state index in [1.54, 1.807) is 0 Å². The Bertz CT molecular complexity index is 896. The Labute approximate surface area is 174 Å². The fraction of sp³-hybridized carbons (Fsp3) is 0.333. The van der Waals surface area contributed by atoms with Crippen LogP contribution in [0.3, 0.4) is 0 Å². The van der Waals surface area contributed by atoms with E-state index in [9.17, 15) is 19.7 Å². The second kappa shape index (κ2) is 10.0. The molecule has 0 heterocycles. The van der Waals surface area contributed by atoms with Gasteiger partial charge < -0.3 is 10.1 Å². The molecule has 0 spiro atoms. The Morgan fingerprint density at radius 1 is 1.14 bits per heavy atom. The van der Waals surface area contributed by atoms with Crippen LogP contribution in [-0.4, -0.2) is 23.4 Å². The average Bonchev–Trinajstić information content (AvgIpc) is 2.66. The molecule has 0 aliphatic heterocycles. The highest BCUT2D eigenvalue weighted by molar-refractivity contribution is 6.33. The highest BCUT2D eigenvalue weighted by atomic mass is 35.5. The summed E-state index contributed by atoms with van der Waals surface area (Å²) in [7, 11) is 0. The van der Waals surface area contributed by atoms with Gasteiger partial charge in [-0.15, -0.1) is 0 Å². The second-order valence-corrected chi connectivity index (χ2v) is 7.53. The van der Waals surface area contributed by atoms with Crippen LogP contribution in [0, 0.1) is 16.0 Å². The van der Waals surface area contributed by atoms with E-state index in [2.05, 4.69) is 19.2 Å². The lowest BCUT2D eigenvalue weighted by atomic mass is 10.00. The molecule has 1 atom stereocenters. The van der Waals surface area contributed by atoms with Crippen molar-refractivity contribution in [2.45, 2.75) is 33.2 Å². The maximum Gasteiger partial charge on any atom is 0.340 e. The van der Waals surface area contributed by atoms with E-state index < -0.39 is 23.4 Å². The number of nitrogens with zero attached hydrogens (tertiary/aromatic N) is 1. The van der Waals surface area contributed by atoms with Crippen molar-refractivity contribution in [2.75, 3.05) is 6.61 Å². The smallest absolute Gasteiger partial charge is 0.340 e. The number of nitro groups is 1. The number of amides is 1. The van der Waals surface area contributed by atoms with E-state index in [0.29, 0.717) is 5.92 Å². The number of benzene rings is 2. The molecule has 0 fully saturated rings. The first kappa shape index (κ1) is 22.4. The number of carbonyl (C=O) groups is 2. The van der Waals surface area contributed by atoms with Gasteiger partial charge in [0.05, 0.1) is 21.6 Å². The van der Waals surface area contributed by atoms with Gasteiger partial charge in [-0.05, 0) is 36.5 Å².